The Hall–Kier alpha value is -0.420. The van der Waals surface area contributed by atoms with Gasteiger partial charge in [-0.1, -0.05) is 35.0 Å². The van der Waals surface area contributed by atoms with E-state index < -0.39 is 0 Å². The van der Waals surface area contributed by atoms with Crippen molar-refractivity contribution in [3.05, 3.63) is 34.3 Å². The summed E-state index contributed by atoms with van der Waals surface area (Å²) in [5.74, 6) is 0.604. The molecule has 0 amide bonds. The van der Waals surface area contributed by atoms with Crippen LogP contribution in [-0.4, -0.2) is 40.0 Å². The number of ether oxygens (including phenoxy) is 2. The maximum absolute atomic E-state index is 5.58. The second kappa shape index (κ2) is 11.3. The zero-order valence-corrected chi connectivity index (χ0v) is 14.1. The minimum atomic E-state index is 0.604. The quantitative estimate of drug-likeness (QED) is 0.625. The minimum absolute atomic E-state index is 0.604. The molecular formula is C16H26BrNO2. The number of hydrogen-bond donors (Lipinski definition) is 1. The highest BCUT2D eigenvalue weighted by molar-refractivity contribution is 9.10. The van der Waals surface area contributed by atoms with Crippen LogP contribution in [0.3, 0.4) is 0 Å². The van der Waals surface area contributed by atoms with E-state index in [1.54, 1.807) is 7.11 Å². The predicted octanol–water partition coefficient (Wildman–Crippen LogP) is 3.27. The van der Waals surface area contributed by atoms with Crippen LogP contribution in [0.2, 0.25) is 0 Å². The Kier molecular flexibility index (Phi) is 9.93. The second-order valence-electron chi connectivity index (χ2n) is 4.90. The Balaban J connectivity index is 2.38. The molecule has 0 saturated heterocycles. The normalized spacial score (nSPS) is 12.6. The second-order valence-corrected chi connectivity index (χ2v) is 5.82. The summed E-state index contributed by atoms with van der Waals surface area (Å²) in [5.41, 5.74) is 1.37. The molecule has 0 bridgehead atoms. The minimum Gasteiger partial charge on any atom is -0.382 e. The van der Waals surface area contributed by atoms with Gasteiger partial charge in [-0.25, -0.2) is 0 Å². The van der Waals surface area contributed by atoms with Gasteiger partial charge in [-0.15, -0.1) is 0 Å². The summed E-state index contributed by atoms with van der Waals surface area (Å²) in [7, 11) is 1.70. The lowest BCUT2D eigenvalue weighted by Gasteiger charge is -2.17. The van der Waals surface area contributed by atoms with Gasteiger partial charge in [0.05, 0.1) is 13.2 Å². The van der Waals surface area contributed by atoms with E-state index in [9.17, 15) is 0 Å². The molecule has 0 spiro atoms. The van der Waals surface area contributed by atoms with Crippen LogP contribution in [0, 0.1) is 5.92 Å². The molecular weight excluding hydrogens is 318 g/mol. The molecule has 0 radical (unpaired) electrons. The van der Waals surface area contributed by atoms with Gasteiger partial charge in [-0.2, -0.15) is 0 Å². The summed E-state index contributed by atoms with van der Waals surface area (Å²) in [5, 5.41) is 3.44. The van der Waals surface area contributed by atoms with Crippen molar-refractivity contribution in [2.75, 3.05) is 40.0 Å². The zero-order valence-electron chi connectivity index (χ0n) is 12.5. The van der Waals surface area contributed by atoms with Gasteiger partial charge < -0.3 is 14.8 Å². The third-order valence-electron chi connectivity index (χ3n) is 3.20. The van der Waals surface area contributed by atoms with Crippen LogP contribution in [0.1, 0.15) is 18.9 Å². The van der Waals surface area contributed by atoms with Crippen LogP contribution in [0.5, 0.6) is 0 Å². The number of hydrogen-bond acceptors (Lipinski definition) is 3. The van der Waals surface area contributed by atoms with Gasteiger partial charge in [0.25, 0.3) is 0 Å². The topological polar surface area (TPSA) is 30.5 Å². The average Bonchev–Trinajstić information content (AvgIpc) is 2.44. The standard InChI is InChI=1S/C16H26BrNO2/c1-3-18-13-15(7-8-20-10-9-19-2)11-14-5-4-6-16(17)12-14/h4-6,12,15,18H,3,7-11,13H2,1-2H3. The van der Waals surface area contributed by atoms with Crippen molar-refractivity contribution >= 4 is 15.9 Å². The molecule has 0 aromatic heterocycles. The molecule has 4 heteroatoms. The highest BCUT2D eigenvalue weighted by atomic mass is 79.9. The van der Waals surface area contributed by atoms with Gasteiger partial charge in [0.2, 0.25) is 0 Å². The number of halogens is 1. The molecule has 0 heterocycles. The van der Waals surface area contributed by atoms with E-state index in [1.807, 2.05) is 0 Å². The molecule has 1 N–H and O–H groups in total. The number of benzene rings is 1. The molecule has 114 valence electrons. The summed E-state index contributed by atoms with van der Waals surface area (Å²) in [6, 6.07) is 8.55. The average molecular weight is 344 g/mol. The summed E-state index contributed by atoms with van der Waals surface area (Å²) >= 11 is 3.53. The fraction of sp³-hybridized carbons (Fsp3) is 0.625. The number of nitrogens with one attached hydrogen (secondary N) is 1. The lowest BCUT2D eigenvalue weighted by molar-refractivity contribution is 0.0636. The molecule has 0 aliphatic carbocycles. The fourth-order valence-electron chi connectivity index (χ4n) is 2.12. The van der Waals surface area contributed by atoms with Gasteiger partial charge in [0.15, 0.2) is 0 Å². The van der Waals surface area contributed by atoms with E-state index in [0.717, 1.165) is 37.0 Å². The lowest BCUT2D eigenvalue weighted by atomic mass is 9.96. The Morgan fingerprint density at radius 1 is 1.25 bits per heavy atom. The molecule has 0 fully saturated rings. The maximum atomic E-state index is 5.58. The molecule has 1 rings (SSSR count). The van der Waals surface area contributed by atoms with Crippen LogP contribution in [0.15, 0.2) is 28.7 Å². The van der Waals surface area contributed by atoms with Gasteiger partial charge in [0.1, 0.15) is 0 Å². The molecule has 0 aliphatic heterocycles. The SMILES string of the molecule is CCNCC(CCOCCOC)Cc1cccc(Br)c1. The van der Waals surface area contributed by atoms with Crippen LogP contribution in [-0.2, 0) is 15.9 Å². The van der Waals surface area contributed by atoms with Gasteiger partial charge in [0, 0.05) is 18.2 Å². The first-order chi connectivity index (χ1) is 9.76. The summed E-state index contributed by atoms with van der Waals surface area (Å²) in [6.07, 6.45) is 2.16. The van der Waals surface area contributed by atoms with E-state index in [2.05, 4.69) is 52.4 Å². The fourth-order valence-corrected chi connectivity index (χ4v) is 2.56. The molecule has 1 atom stereocenters. The number of methoxy groups -OCH3 is 1. The van der Waals surface area contributed by atoms with Crippen LogP contribution < -0.4 is 5.32 Å². The van der Waals surface area contributed by atoms with Crippen LogP contribution in [0.25, 0.3) is 0 Å². The smallest absolute Gasteiger partial charge is 0.0700 e. The number of rotatable bonds is 11. The summed E-state index contributed by atoms with van der Waals surface area (Å²) < 4.78 is 11.7. The van der Waals surface area contributed by atoms with Crippen molar-refractivity contribution in [1.29, 1.82) is 0 Å². The van der Waals surface area contributed by atoms with E-state index in [-0.39, 0.29) is 0 Å². The zero-order chi connectivity index (χ0) is 14.6. The Morgan fingerprint density at radius 2 is 2.10 bits per heavy atom. The third kappa shape index (κ3) is 8.00. The highest BCUT2D eigenvalue weighted by Crippen LogP contribution is 2.17. The van der Waals surface area contributed by atoms with Crippen LogP contribution in [0.4, 0.5) is 0 Å². The van der Waals surface area contributed by atoms with Gasteiger partial charge in [-0.05, 0) is 49.5 Å². The third-order valence-corrected chi connectivity index (χ3v) is 3.69. The van der Waals surface area contributed by atoms with E-state index in [0.29, 0.717) is 19.1 Å². The highest BCUT2D eigenvalue weighted by Gasteiger charge is 2.09. The van der Waals surface area contributed by atoms with Crippen molar-refractivity contribution in [3.63, 3.8) is 0 Å². The Bertz CT molecular complexity index is 360. The molecule has 1 aromatic rings. The Morgan fingerprint density at radius 3 is 2.80 bits per heavy atom. The Labute approximate surface area is 131 Å². The summed E-state index contributed by atoms with van der Waals surface area (Å²) in [6.45, 7) is 6.35. The maximum Gasteiger partial charge on any atom is 0.0700 e. The van der Waals surface area contributed by atoms with Crippen molar-refractivity contribution in [3.8, 4) is 0 Å². The van der Waals surface area contributed by atoms with Crippen LogP contribution >= 0.6 is 15.9 Å². The molecule has 3 nitrogen and oxygen atoms in total. The molecule has 0 saturated carbocycles. The van der Waals surface area contributed by atoms with E-state index >= 15 is 0 Å². The predicted molar refractivity (Wildman–Crippen MR) is 87.2 cm³/mol. The van der Waals surface area contributed by atoms with Gasteiger partial charge >= 0.3 is 0 Å². The molecule has 20 heavy (non-hydrogen) atoms. The van der Waals surface area contributed by atoms with Crippen molar-refractivity contribution < 1.29 is 9.47 Å². The molecule has 0 aliphatic rings. The molecule has 1 aromatic carbocycles. The van der Waals surface area contributed by atoms with Crippen molar-refractivity contribution in [2.24, 2.45) is 5.92 Å². The largest absolute Gasteiger partial charge is 0.382 e. The van der Waals surface area contributed by atoms with E-state index in [4.69, 9.17) is 9.47 Å². The van der Waals surface area contributed by atoms with Crippen molar-refractivity contribution in [2.45, 2.75) is 19.8 Å². The van der Waals surface area contributed by atoms with Crippen molar-refractivity contribution in [1.82, 2.24) is 5.32 Å². The first kappa shape index (κ1) is 17.6. The van der Waals surface area contributed by atoms with Gasteiger partial charge in [-0.3, -0.25) is 0 Å². The molecule has 1 unspecified atom stereocenters. The lowest BCUT2D eigenvalue weighted by Crippen LogP contribution is -2.25. The van der Waals surface area contributed by atoms with E-state index in [1.165, 1.54) is 5.56 Å². The summed E-state index contributed by atoms with van der Waals surface area (Å²) in [4.78, 5) is 0. The first-order valence-electron chi connectivity index (χ1n) is 7.28. The monoisotopic (exact) mass is 343 g/mol. The first-order valence-corrected chi connectivity index (χ1v) is 8.07.